The molecule has 29 heavy (non-hydrogen) atoms. The second-order valence-electron chi connectivity index (χ2n) is 8.69. The summed E-state index contributed by atoms with van der Waals surface area (Å²) in [7, 11) is 0. The molecule has 0 saturated carbocycles. The van der Waals surface area contributed by atoms with Crippen LogP contribution in [0.3, 0.4) is 0 Å². The van der Waals surface area contributed by atoms with E-state index in [4.69, 9.17) is 4.99 Å². The highest BCUT2D eigenvalue weighted by Crippen LogP contribution is 2.30. The SMILES string of the molecule is Cc1ccc2c(c1)Cn1cc(Br)cc1C(N1CCN(CC(C)(C)C(=O)O)CC1)=N2. The predicted molar refractivity (Wildman–Crippen MR) is 118 cm³/mol. The van der Waals surface area contributed by atoms with Gasteiger partial charge in [0.2, 0.25) is 0 Å². The fraction of sp³-hybridized carbons (Fsp3) is 0.455. The third-order valence-corrected chi connectivity index (χ3v) is 6.20. The van der Waals surface area contributed by atoms with Crippen LogP contribution in [0.1, 0.15) is 30.7 Å². The number of carboxylic acid groups (broad SMARTS) is 1. The highest BCUT2D eigenvalue weighted by atomic mass is 79.9. The number of aliphatic carboxylic acids is 1. The molecule has 154 valence electrons. The van der Waals surface area contributed by atoms with E-state index in [1.165, 1.54) is 11.1 Å². The zero-order valence-electron chi connectivity index (χ0n) is 17.2. The third-order valence-electron chi connectivity index (χ3n) is 5.76. The van der Waals surface area contributed by atoms with Gasteiger partial charge >= 0.3 is 5.97 Å². The van der Waals surface area contributed by atoms with Crippen molar-refractivity contribution in [3.8, 4) is 0 Å². The monoisotopic (exact) mass is 458 g/mol. The van der Waals surface area contributed by atoms with E-state index in [1.54, 1.807) is 13.8 Å². The largest absolute Gasteiger partial charge is 0.481 e. The molecule has 1 fully saturated rings. The van der Waals surface area contributed by atoms with Gasteiger partial charge in [-0.15, -0.1) is 0 Å². The number of amidine groups is 1. The van der Waals surface area contributed by atoms with Gasteiger partial charge < -0.3 is 14.6 Å². The van der Waals surface area contributed by atoms with Crippen LogP contribution in [0.2, 0.25) is 0 Å². The Kier molecular flexibility index (Phi) is 5.29. The van der Waals surface area contributed by atoms with Crippen LogP contribution in [0.25, 0.3) is 0 Å². The van der Waals surface area contributed by atoms with E-state index in [-0.39, 0.29) is 0 Å². The van der Waals surface area contributed by atoms with Gasteiger partial charge in [-0.3, -0.25) is 9.69 Å². The number of halogens is 1. The van der Waals surface area contributed by atoms with Gasteiger partial charge in [0.1, 0.15) is 0 Å². The molecule has 7 heteroatoms. The third kappa shape index (κ3) is 4.12. The normalized spacial score (nSPS) is 17.4. The predicted octanol–water partition coefficient (Wildman–Crippen LogP) is 3.73. The van der Waals surface area contributed by atoms with Crippen molar-refractivity contribution in [1.82, 2.24) is 14.4 Å². The molecule has 0 unspecified atom stereocenters. The van der Waals surface area contributed by atoms with Gasteiger partial charge in [-0.05, 0) is 54.4 Å². The van der Waals surface area contributed by atoms with E-state index in [2.05, 4.69) is 67.7 Å². The lowest BCUT2D eigenvalue weighted by molar-refractivity contribution is -0.148. The maximum atomic E-state index is 11.5. The molecule has 0 radical (unpaired) electrons. The summed E-state index contributed by atoms with van der Waals surface area (Å²) in [4.78, 5) is 21.1. The molecular weight excluding hydrogens is 432 g/mol. The number of carboxylic acids is 1. The molecule has 1 aromatic carbocycles. The number of piperazine rings is 1. The van der Waals surface area contributed by atoms with E-state index in [9.17, 15) is 9.90 Å². The van der Waals surface area contributed by atoms with Crippen LogP contribution in [0.5, 0.6) is 0 Å². The summed E-state index contributed by atoms with van der Waals surface area (Å²) in [5.74, 6) is 0.248. The molecule has 1 N–H and O–H groups in total. The van der Waals surface area contributed by atoms with Crippen LogP contribution < -0.4 is 0 Å². The van der Waals surface area contributed by atoms with E-state index in [0.717, 1.165) is 54.4 Å². The lowest BCUT2D eigenvalue weighted by atomic mass is 9.93. The first-order valence-electron chi connectivity index (χ1n) is 9.98. The maximum absolute atomic E-state index is 11.5. The summed E-state index contributed by atoms with van der Waals surface area (Å²) in [5.41, 5.74) is 3.87. The molecule has 0 spiro atoms. The number of aliphatic imine (C=N–C) groups is 1. The smallest absolute Gasteiger partial charge is 0.310 e. The number of aromatic nitrogens is 1. The standard InChI is InChI=1S/C22H27BrN4O2/c1-15-4-5-18-16(10-15)12-27-13-17(23)11-19(27)20(24-18)26-8-6-25(7-9-26)14-22(2,3)21(28)29/h4-5,10-11,13H,6-9,12,14H2,1-3H3,(H,28,29). The minimum atomic E-state index is -0.748. The Morgan fingerprint density at radius 3 is 2.62 bits per heavy atom. The van der Waals surface area contributed by atoms with Crippen LogP contribution in [-0.4, -0.2) is 64.0 Å². The molecular formula is C22H27BrN4O2. The van der Waals surface area contributed by atoms with Crippen molar-refractivity contribution >= 4 is 33.4 Å². The summed E-state index contributed by atoms with van der Waals surface area (Å²) < 4.78 is 3.31. The number of nitrogens with zero attached hydrogens (tertiary/aromatic N) is 4. The quantitative estimate of drug-likeness (QED) is 0.760. The molecule has 2 aromatic rings. The van der Waals surface area contributed by atoms with Crippen molar-refractivity contribution in [2.75, 3.05) is 32.7 Å². The van der Waals surface area contributed by atoms with Crippen LogP contribution >= 0.6 is 15.9 Å². The fourth-order valence-corrected chi connectivity index (χ4v) is 4.54. The van der Waals surface area contributed by atoms with E-state index in [0.29, 0.717) is 6.54 Å². The molecule has 0 atom stereocenters. The van der Waals surface area contributed by atoms with E-state index < -0.39 is 11.4 Å². The number of benzene rings is 1. The molecule has 1 saturated heterocycles. The summed E-state index contributed by atoms with van der Waals surface area (Å²) in [6.07, 6.45) is 2.12. The average molecular weight is 459 g/mol. The second kappa shape index (κ2) is 7.61. The number of hydrogen-bond donors (Lipinski definition) is 1. The van der Waals surface area contributed by atoms with Crippen molar-refractivity contribution in [2.45, 2.75) is 27.3 Å². The van der Waals surface area contributed by atoms with Crippen molar-refractivity contribution in [1.29, 1.82) is 0 Å². The van der Waals surface area contributed by atoms with Crippen LogP contribution in [-0.2, 0) is 11.3 Å². The van der Waals surface area contributed by atoms with Gasteiger partial charge in [-0.2, -0.15) is 0 Å². The number of carbonyl (C=O) groups is 1. The van der Waals surface area contributed by atoms with Gasteiger partial charge in [0.15, 0.2) is 5.84 Å². The Labute approximate surface area is 180 Å². The minimum absolute atomic E-state index is 0.562. The van der Waals surface area contributed by atoms with Crippen molar-refractivity contribution in [2.24, 2.45) is 10.4 Å². The summed E-state index contributed by atoms with van der Waals surface area (Å²) in [6.45, 7) is 10.4. The van der Waals surface area contributed by atoms with Crippen molar-refractivity contribution in [3.05, 3.63) is 51.8 Å². The maximum Gasteiger partial charge on any atom is 0.310 e. The molecule has 0 bridgehead atoms. The lowest BCUT2D eigenvalue weighted by Crippen LogP contribution is -2.52. The first-order chi connectivity index (χ1) is 13.7. The molecule has 1 aromatic heterocycles. The van der Waals surface area contributed by atoms with Gasteiger partial charge in [-0.1, -0.05) is 17.7 Å². The van der Waals surface area contributed by atoms with Crippen LogP contribution in [0, 0.1) is 12.3 Å². The van der Waals surface area contributed by atoms with E-state index in [1.807, 2.05) is 0 Å². The van der Waals surface area contributed by atoms with Gasteiger partial charge in [0, 0.05) is 49.9 Å². The molecule has 0 aliphatic carbocycles. The molecule has 6 nitrogen and oxygen atoms in total. The highest BCUT2D eigenvalue weighted by molar-refractivity contribution is 9.10. The van der Waals surface area contributed by atoms with Gasteiger partial charge in [0.25, 0.3) is 0 Å². The Balaban J connectivity index is 1.59. The minimum Gasteiger partial charge on any atom is -0.481 e. The molecule has 3 heterocycles. The lowest BCUT2D eigenvalue weighted by Gasteiger charge is -2.38. The Hall–Kier alpha value is -2.12. The van der Waals surface area contributed by atoms with Gasteiger partial charge in [0.05, 0.1) is 16.8 Å². The second-order valence-corrected chi connectivity index (χ2v) is 9.61. The average Bonchev–Trinajstić information content (AvgIpc) is 2.94. The number of hydrogen-bond acceptors (Lipinski definition) is 4. The van der Waals surface area contributed by atoms with Crippen molar-refractivity contribution < 1.29 is 9.90 Å². The number of rotatable bonds is 3. The number of aryl methyl sites for hydroxylation is 1. The summed E-state index contributed by atoms with van der Waals surface area (Å²) >= 11 is 3.62. The Morgan fingerprint density at radius 2 is 1.93 bits per heavy atom. The highest BCUT2D eigenvalue weighted by Gasteiger charge is 2.32. The summed E-state index contributed by atoms with van der Waals surface area (Å²) in [6, 6.07) is 8.57. The topological polar surface area (TPSA) is 61.1 Å². The zero-order chi connectivity index (χ0) is 20.8. The molecule has 0 amide bonds. The molecule has 2 aliphatic heterocycles. The van der Waals surface area contributed by atoms with Crippen LogP contribution in [0.4, 0.5) is 5.69 Å². The summed E-state index contributed by atoms with van der Waals surface area (Å²) in [5, 5.41) is 9.42. The Bertz CT molecular complexity index is 971. The van der Waals surface area contributed by atoms with Crippen LogP contribution in [0.15, 0.2) is 39.9 Å². The first-order valence-corrected chi connectivity index (χ1v) is 10.8. The number of fused-ring (bicyclic) bond motifs is 2. The Morgan fingerprint density at radius 1 is 1.21 bits per heavy atom. The van der Waals surface area contributed by atoms with Gasteiger partial charge in [-0.25, -0.2) is 4.99 Å². The van der Waals surface area contributed by atoms with E-state index >= 15 is 0 Å². The zero-order valence-corrected chi connectivity index (χ0v) is 18.7. The first kappa shape index (κ1) is 20.2. The molecule has 4 rings (SSSR count). The molecule has 2 aliphatic rings. The fourth-order valence-electron chi connectivity index (χ4n) is 4.08. The van der Waals surface area contributed by atoms with Crippen molar-refractivity contribution in [3.63, 3.8) is 0 Å².